The van der Waals surface area contributed by atoms with Crippen LogP contribution in [0, 0.1) is 5.82 Å². The molecule has 1 fully saturated rings. The summed E-state index contributed by atoms with van der Waals surface area (Å²) in [5.74, 6) is 1.08. The molecule has 1 aliphatic rings. The number of hydrogen-bond acceptors (Lipinski definition) is 5. The molecule has 2 aromatic carbocycles. The number of methoxy groups -OCH3 is 1. The number of halogens is 1. The third-order valence-electron chi connectivity index (χ3n) is 4.70. The maximum absolute atomic E-state index is 13.3. The van der Waals surface area contributed by atoms with E-state index in [-0.39, 0.29) is 17.8 Å². The Morgan fingerprint density at radius 1 is 1.22 bits per heavy atom. The molecule has 1 atom stereocenters. The molecule has 2 heterocycles. The lowest BCUT2D eigenvalue weighted by molar-refractivity contribution is -0.119. The quantitative estimate of drug-likeness (QED) is 0.726. The molecule has 6 nitrogen and oxygen atoms in total. The van der Waals surface area contributed by atoms with Crippen molar-refractivity contribution in [1.82, 2.24) is 15.3 Å². The SMILES string of the molecule is COc1cc(-c2ccc(F)cc2)cc2c(NC[C@H]3CCC(=O)N3)ncnc12. The van der Waals surface area contributed by atoms with Crippen LogP contribution < -0.4 is 15.4 Å². The summed E-state index contributed by atoms with van der Waals surface area (Å²) in [4.78, 5) is 20.1. The maximum atomic E-state index is 13.3. The Kier molecular flexibility index (Phi) is 4.58. The Balaban J connectivity index is 1.72. The second-order valence-corrected chi connectivity index (χ2v) is 6.49. The topological polar surface area (TPSA) is 76.1 Å². The van der Waals surface area contributed by atoms with E-state index in [0.717, 1.165) is 22.9 Å². The van der Waals surface area contributed by atoms with Gasteiger partial charge >= 0.3 is 0 Å². The fourth-order valence-corrected chi connectivity index (χ4v) is 3.29. The molecular weight excluding hydrogens is 347 g/mol. The van der Waals surface area contributed by atoms with Crippen LogP contribution in [0.1, 0.15) is 12.8 Å². The fraction of sp³-hybridized carbons (Fsp3) is 0.250. The number of carbonyl (C=O) groups excluding carboxylic acids is 1. The van der Waals surface area contributed by atoms with E-state index < -0.39 is 0 Å². The number of fused-ring (bicyclic) bond motifs is 1. The van der Waals surface area contributed by atoms with Gasteiger partial charge in [0.25, 0.3) is 0 Å². The average molecular weight is 366 g/mol. The molecule has 3 aromatic rings. The van der Waals surface area contributed by atoms with E-state index in [4.69, 9.17) is 4.74 Å². The molecule has 1 amide bonds. The number of ether oxygens (including phenoxy) is 1. The fourth-order valence-electron chi connectivity index (χ4n) is 3.29. The minimum atomic E-state index is -0.282. The van der Waals surface area contributed by atoms with Gasteiger partial charge in [-0.05, 0) is 41.8 Å². The summed E-state index contributed by atoms with van der Waals surface area (Å²) < 4.78 is 18.8. The molecule has 0 spiro atoms. The molecule has 0 unspecified atom stereocenters. The maximum Gasteiger partial charge on any atom is 0.220 e. The van der Waals surface area contributed by atoms with E-state index in [2.05, 4.69) is 20.6 Å². The van der Waals surface area contributed by atoms with E-state index in [9.17, 15) is 9.18 Å². The van der Waals surface area contributed by atoms with Crippen molar-refractivity contribution in [2.24, 2.45) is 0 Å². The Morgan fingerprint density at radius 2 is 2.04 bits per heavy atom. The van der Waals surface area contributed by atoms with Crippen molar-refractivity contribution in [2.45, 2.75) is 18.9 Å². The van der Waals surface area contributed by atoms with Crippen LogP contribution in [0.5, 0.6) is 5.75 Å². The van der Waals surface area contributed by atoms with E-state index in [1.807, 2.05) is 12.1 Å². The van der Waals surface area contributed by atoms with E-state index in [1.165, 1.54) is 18.5 Å². The summed E-state index contributed by atoms with van der Waals surface area (Å²) in [6, 6.07) is 10.2. The predicted molar refractivity (Wildman–Crippen MR) is 101 cm³/mol. The van der Waals surface area contributed by atoms with Gasteiger partial charge in [-0.1, -0.05) is 12.1 Å². The van der Waals surface area contributed by atoms with Crippen LogP contribution in [0.25, 0.3) is 22.0 Å². The van der Waals surface area contributed by atoms with Gasteiger partial charge in [-0.25, -0.2) is 14.4 Å². The van der Waals surface area contributed by atoms with E-state index >= 15 is 0 Å². The lowest BCUT2D eigenvalue weighted by Crippen LogP contribution is -2.32. The highest BCUT2D eigenvalue weighted by atomic mass is 19.1. The Hall–Kier alpha value is -3.22. The standard InChI is InChI=1S/C20H19FN4O2/c1-27-17-9-13(12-2-4-14(21)5-3-12)8-16-19(17)23-11-24-20(16)22-10-15-6-7-18(26)25-15/h2-5,8-9,11,15H,6-7,10H2,1H3,(H,25,26)(H,22,23,24)/t15-/m1/s1. The number of benzene rings is 2. The molecule has 27 heavy (non-hydrogen) atoms. The summed E-state index contributed by atoms with van der Waals surface area (Å²) in [6.07, 6.45) is 2.84. The van der Waals surface area contributed by atoms with Crippen molar-refractivity contribution in [2.75, 3.05) is 19.0 Å². The van der Waals surface area contributed by atoms with Crippen LogP contribution in [0.2, 0.25) is 0 Å². The van der Waals surface area contributed by atoms with Crippen LogP contribution in [-0.2, 0) is 4.79 Å². The summed E-state index contributed by atoms with van der Waals surface area (Å²) in [5, 5.41) is 7.05. The highest BCUT2D eigenvalue weighted by Gasteiger charge is 2.21. The van der Waals surface area contributed by atoms with E-state index in [1.54, 1.807) is 19.2 Å². The summed E-state index contributed by atoms with van der Waals surface area (Å²) in [5.41, 5.74) is 2.44. The molecular formula is C20H19FN4O2. The van der Waals surface area contributed by atoms with Gasteiger partial charge < -0.3 is 15.4 Å². The molecule has 0 saturated carbocycles. The minimum Gasteiger partial charge on any atom is -0.494 e. The highest BCUT2D eigenvalue weighted by molar-refractivity contribution is 5.96. The number of hydrogen-bond donors (Lipinski definition) is 2. The molecule has 0 radical (unpaired) electrons. The van der Waals surface area contributed by atoms with Crippen LogP contribution >= 0.6 is 0 Å². The number of anilines is 1. The van der Waals surface area contributed by atoms with Gasteiger partial charge in [0.2, 0.25) is 5.91 Å². The normalized spacial score (nSPS) is 16.4. The van der Waals surface area contributed by atoms with Gasteiger partial charge in [-0.3, -0.25) is 4.79 Å². The largest absolute Gasteiger partial charge is 0.494 e. The summed E-state index contributed by atoms with van der Waals surface area (Å²) >= 11 is 0. The summed E-state index contributed by atoms with van der Waals surface area (Å²) in [6.45, 7) is 0.584. The van der Waals surface area contributed by atoms with Crippen molar-refractivity contribution >= 4 is 22.6 Å². The zero-order valence-electron chi connectivity index (χ0n) is 14.8. The van der Waals surface area contributed by atoms with Crippen molar-refractivity contribution in [3.05, 3.63) is 48.5 Å². The van der Waals surface area contributed by atoms with Crippen LogP contribution in [-0.4, -0.2) is 35.6 Å². The molecule has 4 rings (SSSR count). The summed E-state index contributed by atoms with van der Waals surface area (Å²) in [7, 11) is 1.59. The first-order valence-electron chi connectivity index (χ1n) is 8.76. The monoisotopic (exact) mass is 366 g/mol. The van der Waals surface area contributed by atoms with Gasteiger partial charge in [0.15, 0.2) is 0 Å². The predicted octanol–water partition coefficient (Wildman–Crippen LogP) is 3.14. The minimum absolute atomic E-state index is 0.0783. The molecule has 1 aromatic heterocycles. The number of rotatable bonds is 5. The first-order valence-corrected chi connectivity index (χ1v) is 8.76. The number of carbonyl (C=O) groups is 1. The third kappa shape index (κ3) is 3.53. The molecule has 1 saturated heterocycles. The molecule has 0 aliphatic carbocycles. The highest BCUT2D eigenvalue weighted by Crippen LogP contribution is 2.34. The smallest absolute Gasteiger partial charge is 0.220 e. The van der Waals surface area contributed by atoms with Gasteiger partial charge in [0.1, 0.15) is 29.2 Å². The average Bonchev–Trinajstić information content (AvgIpc) is 3.11. The lowest BCUT2D eigenvalue weighted by Gasteiger charge is -2.15. The second kappa shape index (κ2) is 7.19. The van der Waals surface area contributed by atoms with Gasteiger partial charge in [-0.2, -0.15) is 0 Å². The second-order valence-electron chi connectivity index (χ2n) is 6.49. The van der Waals surface area contributed by atoms with Crippen molar-refractivity contribution in [3.63, 3.8) is 0 Å². The van der Waals surface area contributed by atoms with Crippen LogP contribution in [0.3, 0.4) is 0 Å². The lowest BCUT2D eigenvalue weighted by atomic mass is 10.0. The van der Waals surface area contributed by atoms with Crippen molar-refractivity contribution in [1.29, 1.82) is 0 Å². The van der Waals surface area contributed by atoms with Crippen LogP contribution in [0.4, 0.5) is 10.2 Å². The Labute approximate surface area is 155 Å². The number of nitrogens with zero attached hydrogens (tertiary/aromatic N) is 2. The van der Waals surface area contributed by atoms with E-state index in [0.29, 0.717) is 30.0 Å². The molecule has 2 N–H and O–H groups in total. The van der Waals surface area contributed by atoms with Gasteiger partial charge in [-0.15, -0.1) is 0 Å². The molecule has 1 aliphatic heterocycles. The number of amides is 1. The van der Waals surface area contributed by atoms with Crippen molar-refractivity contribution < 1.29 is 13.9 Å². The molecule has 0 bridgehead atoms. The van der Waals surface area contributed by atoms with Crippen LogP contribution in [0.15, 0.2) is 42.7 Å². The Morgan fingerprint density at radius 3 is 2.74 bits per heavy atom. The zero-order chi connectivity index (χ0) is 18.8. The first-order chi connectivity index (χ1) is 13.1. The zero-order valence-corrected chi connectivity index (χ0v) is 14.8. The number of aromatic nitrogens is 2. The van der Waals surface area contributed by atoms with Crippen molar-refractivity contribution in [3.8, 4) is 16.9 Å². The number of nitrogens with one attached hydrogen (secondary N) is 2. The Bertz CT molecular complexity index is 991. The van der Waals surface area contributed by atoms with Gasteiger partial charge in [0.05, 0.1) is 7.11 Å². The van der Waals surface area contributed by atoms with Gasteiger partial charge in [0, 0.05) is 24.4 Å². The first kappa shape index (κ1) is 17.2. The molecule has 138 valence electrons. The third-order valence-corrected chi connectivity index (χ3v) is 4.70. The molecule has 7 heteroatoms.